The Hall–Kier alpha value is -3.00. The van der Waals surface area contributed by atoms with E-state index in [9.17, 15) is 8.78 Å². The number of aromatic amines is 1. The Morgan fingerprint density at radius 2 is 1.96 bits per heavy atom. The molecule has 2 N–H and O–H groups in total. The number of fused-ring (bicyclic) bond motifs is 1. The molecule has 1 fully saturated rings. The summed E-state index contributed by atoms with van der Waals surface area (Å²) < 4.78 is 27.2. The van der Waals surface area contributed by atoms with Gasteiger partial charge in [0, 0.05) is 29.4 Å². The van der Waals surface area contributed by atoms with Crippen LogP contribution in [0.3, 0.4) is 0 Å². The van der Waals surface area contributed by atoms with Crippen LogP contribution >= 0.6 is 0 Å². The average Bonchev–Trinajstić information content (AvgIpc) is 3.15. The van der Waals surface area contributed by atoms with Crippen LogP contribution in [0.2, 0.25) is 0 Å². The van der Waals surface area contributed by atoms with Gasteiger partial charge in [-0.3, -0.25) is 10.4 Å². The van der Waals surface area contributed by atoms with Gasteiger partial charge >= 0.3 is 0 Å². The third-order valence-corrected chi connectivity index (χ3v) is 4.62. The number of H-pyrrole nitrogens is 1. The van der Waals surface area contributed by atoms with E-state index < -0.39 is 11.6 Å². The Morgan fingerprint density at radius 3 is 2.73 bits per heavy atom. The number of nitrogens with zero attached hydrogens (tertiary/aromatic N) is 4. The highest BCUT2D eigenvalue weighted by Crippen LogP contribution is 2.39. The fourth-order valence-electron chi connectivity index (χ4n) is 3.18. The lowest BCUT2D eigenvalue weighted by Crippen LogP contribution is -2.45. The Labute approximate surface area is 148 Å². The van der Waals surface area contributed by atoms with E-state index >= 15 is 0 Å². The van der Waals surface area contributed by atoms with Gasteiger partial charge in [0.1, 0.15) is 18.2 Å². The first-order valence-electron chi connectivity index (χ1n) is 8.45. The van der Waals surface area contributed by atoms with Crippen LogP contribution in [-0.2, 0) is 0 Å². The van der Waals surface area contributed by atoms with E-state index in [1.165, 1.54) is 25.0 Å². The van der Waals surface area contributed by atoms with Gasteiger partial charge in [0.2, 0.25) is 0 Å². The van der Waals surface area contributed by atoms with Crippen LogP contribution in [0.5, 0.6) is 0 Å². The highest BCUT2D eigenvalue weighted by molar-refractivity contribution is 5.96. The number of rotatable bonds is 4. The zero-order valence-corrected chi connectivity index (χ0v) is 13.8. The third-order valence-electron chi connectivity index (χ3n) is 4.62. The van der Waals surface area contributed by atoms with E-state index in [1.807, 2.05) is 17.2 Å². The smallest absolute Gasteiger partial charge is 0.284 e. The first-order valence-corrected chi connectivity index (χ1v) is 8.45. The van der Waals surface area contributed by atoms with Gasteiger partial charge in [-0.2, -0.15) is 10.1 Å². The quantitative estimate of drug-likeness (QED) is 0.828. The number of halogens is 2. The lowest BCUT2D eigenvalue weighted by molar-refractivity contribution is 0.583. The molecular weight excluding hydrogens is 338 g/mol. The molecule has 0 spiro atoms. The van der Waals surface area contributed by atoms with Gasteiger partial charge < -0.3 is 4.90 Å². The molecule has 0 bridgehead atoms. The van der Waals surface area contributed by atoms with Gasteiger partial charge in [0.05, 0.1) is 12.4 Å². The van der Waals surface area contributed by atoms with E-state index in [2.05, 4.69) is 20.5 Å². The van der Waals surface area contributed by atoms with Crippen molar-refractivity contribution in [2.45, 2.75) is 18.8 Å². The molecule has 0 atom stereocenters. The minimum atomic E-state index is -0.613. The molecule has 131 valence electrons. The van der Waals surface area contributed by atoms with Gasteiger partial charge in [-0.15, -0.1) is 0 Å². The second-order valence-corrected chi connectivity index (χ2v) is 6.59. The minimum Gasteiger partial charge on any atom is -0.329 e. The molecule has 3 aliphatic rings. The predicted molar refractivity (Wildman–Crippen MR) is 94.7 cm³/mol. The summed E-state index contributed by atoms with van der Waals surface area (Å²) in [5, 5.41) is 10.6. The molecule has 1 aromatic carbocycles. The summed E-state index contributed by atoms with van der Waals surface area (Å²) in [6.07, 6.45) is 7.71. The number of amidine groups is 1. The van der Waals surface area contributed by atoms with Crippen molar-refractivity contribution >= 4 is 17.3 Å². The lowest BCUT2D eigenvalue weighted by atomic mass is 10.2. The first kappa shape index (κ1) is 15.3. The Morgan fingerprint density at radius 1 is 1.15 bits per heavy atom. The molecular formula is C18H16F2N6+. The summed E-state index contributed by atoms with van der Waals surface area (Å²) in [4.78, 5) is 7.99. The summed E-state index contributed by atoms with van der Waals surface area (Å²) in [7, 11) is 0. The molecule has 0 amide bonds. The first-order chi connectivity index (χ1) is 12.7. The van der Waals surface area contributed by atoms with E-state index in [0.717, 1.165) is 17.6 Å². The number of benzene rings is 1. The summed E-state index contributed by atoms with van der Waals surface area (Å²) in [6, 6.07) is 5.46. The van der Waals surface area contributed by atoms with Crippen molar-refractivity contribution < 1.29 is 8.78 Å². The Bertz CT molecular complexity index is 936. The number of aromatic nitrogens is 2. The number of hydrogen-bond donors (Lipinski definition) is 2. The van der Waals surface area contributed by atoms with Gasteiger partial charge in [-0.05, 0) is 29.9 Å². The van der Waals surface area contributed by atoms with E-state index in [4.69, 9.17) is 0 Å². The average molecular weight is 354 g/mol. The number of nitrogens with one attached hydrogen (secondary N) is 2. The molecule has 0 saturated heterocycles. The molecule has 6 nitrogen and oxygen atoms in total. The standard InChI is InChI=1S/C18H16F2N6/c19-12-5-13(20)7-14(6-12)25-9-17-21-3-4-26(17)18(10-25)22-16-8-15(23-24-16)11-1-2-11/h3-8,10-11H,1-2,9H2,(H2,22,23,24)/q+1. The molecule has 2 aliphatic heterocycles. The van der Waals surface area contributed by atoms with Crippen LogP contribution in [0.15, 0.2) is 53.7 Å². The molecule has 8 heteroatoms. The molecule has 0 unspecified atom stereocenters. The predicted octanol–water partition coefficient (Wildman–Crippen LogP) is 3.32. The van der Waals surface area contributed by atoms with Crippen LogP contribution < -0.4 is 15.1 Å². The monoisotopic (exact) mass is 354 g/mol. The zero-order valence-electron chi connectivity index (χ0n) is 13.8. The minimum absolute atomic E-state index is 0.412. The topological polar surface area (TPSA) is 62.2 Å². The summed E-state index contributed by atoms with van der Waals surface area (Å²) >= 11 is 0. The number of hydrogen-bond acceptors (Lipinski definition) is 5. The van der Waals surface area contributed by atoms with Gasteiger partial charge in [0.15, 0.2) is 12.0 Å². The maximum Gasteiger partial charge on any atom is 0.284 e. The van der Waals surface area contributed by atoms with Crippen molar-refractivity contribution in [1.82, 2.24) is 15.1 Å². The van der Waals surface area contributed by atoms with Gasteiger partial charge in [0.25, 0.3) is 11.7 Å². The largest absolute Gasteiger partial charge is 0.329 e. The Kier molecular flexibility index (Phi) is 3.39. The SMILES string of the molecule is Fc1cc(F)cc(N2C=C(Nc3cc(C4CC4)[nH]n3)[N+]3C=CN=C3C2)c1. The normalized spacial score (nSPS) is 19.4. The third kappa shape index (κ3) is 2.78. The molecule has 2 aromatic rings. The van der Waals surface area contributed by atoms with E-state index in [-0.39, 0.29) is 0 Å². The van der Waals surface area contributed by atoms with Crippen LogP contribution in [0.25, 0.3) is 0 Å². The van der Waals surface area contributed by atoms with Crippen molar-refractivity contribution in [1.29, 1.82) is 0 Å². The van der Waals surface area contributed by atoms with Crippen LogP contribution in [0, 0.1) is 11.6 Å². The Balaban J connectivity index is 1.47. The van der Waals surface area contributed by atoms with Crippen LogP contribution in [0.4, 0.5) is 20.3 Å². The van der Waals surface area contributed by atoms with Gasteiger partial charge in [-0.25, -0.2) is 8.78 Å². The van der Waals surface area contributed by atoms with Gasteiger partial charge in [-0.1, -0.05) is 0 Å². The fourth-order valence-corrected chi connectivity index (χ4v) is 3.18. The highest BCUT2D eigenvalue weighted by Gasteiger charge is 2.38. The van der Waals surface area contributed by atoms with E-state index in [1.54, 1.807) is 17.3 Å². The van der Waals surface area contributed by atoms with Crippen molar-refractivity contribution in [3.05, 3.63) is 66.0 Å². The maximum atomic E-state index is 13.6. The van der Waals surface area contributed by atoms with Crippen LogP contribution in [-0.4, -0.2) is 22.6 Å². The molecule has 5 rings (SSSR count). The summed E-state index contributed by atoms with van der Waals surface area (Å²) in [5.74, 6) is 1.52. The second-order valence-electron chi connectivity index (χ2n) is 6.59. The fraction of sp³-hybridized carbons (Fsp3) is 0.222. The van der Waals surface area contributed by atoms with Crippen LogP contribution in [0.1, 0.15) is 24.5 Å². The summed E-state index contributed by atoms with van der Waals surface area (Å²) in [6.45, 7) is 0.412. The number of anilines is 2. The second kappa shape index (κ2) is 5.77. The molecule has 3 heterocycles. The lowest BCUT2D eigenvalue weighted by Gasteiger charge is -2.25. The molecule has 1 aromatic heterocycles. The number of aliphatic imine (C=N–C) groups is 1. The van der Waals surface area contributed by atoms with Crippen molar-refractivity contribution in [3.8, 4) is 0 Å². The molecule has 1 aliphatic carbocycles. The van der Waals surface area contributed by atoms with E-state index in [0.29, 0.717) is 29.8 Å². The van der Waals surface area contributed by atoms with Crippen molar-refractivity contribution in [2.75, 3.05) is 16.8 Å². The highest BCUT2D eigenvalue weighted by atomic mass is 19.1. The van der Waals surface area contributed by atoms with Crippen molar-refractivity contribution in [2.24, 2.45) is 4.99 Å². The zero-order chi connectivity index (χ0) is 17.7. The van der Waals surface area contributed by atoms with Crippen molar-refractivity contribution in [3.63, 3.8) is 0 Å². The molecule has 1 radical (unpaired) electrons. The maximum absolute atomic E-state index is 13.6. The summed E-state index contributed by atoms with van der Waals surface area (Å²) in [5.41, 5.74) is 1.55. The molecule has 1 saturated carbocycles. The molecule has 26 heavy (non-hydrogen) atoms.